The van der Waals surface area contributed by atoms with E-state index in [0.717, 1.165) is 29.1 Å². The Labute approximate surface area is 121 Å². The van der Waals surface area contributed by atoms with Crippen LogP contribution in [-0.2, 0) is 11.0 Å². The average Bonchev–Trinajstić information content (AvgIpc) is 2.85. The van der Waals surface area contributed by atoms with E-state index in [1.54, 1.807) is 0 Å². The molecule has 0 amide bonds. The minimum Gasteiger partial charge on any atom is -0.480 e. The Bertz CT molecular complexity index is 822. The maximum Gasteiger partial charge on any atom is 0.432 e. The molecular formula is C14H9F3N2O3. The van der Waals surface area contributed by atoms with Gasteiger partial charge in [0.2, 0.25) is 0 Å². The molecule has 1 aliphatic rings. The lowest BCUT2D eigenvalue weighted by Crippen LogP contribution is -2.04. The van der Waals surface area contributed by atoms with Crippen molar-refractivity contribution in [1.29, 1.82) is 0 Å². The number of rotatable bonds is 1. The van der Waals surface area contributed by atoms with Gasteiger partial charge in [-0.2, -0.15) is 13.2 Å². The van der Waals surface area contributed by atoms with Gasteiger partial charge in [-0.3, -0.25) is 4.79 Å². The lowest BCUT2D eigenvalue weighted by molar-refractivity contribution is -0.141. The molecule has 0 fully saturated rings. The molecule has 8 heteroatoms. The number of hydrogen-bond donors (Lipinski definition) is 2. The summed E-state index contributed by atoms with van der Waals surface area (Å²) in [5.74, 6) is -0.678. The van der Waals surface area contributed by atoms with Crippen LogP contribution in [0, 0.1) is 0 Å². The zero-order valence-corrected chi connectivity index (χ0v) is 10.9. The zero-order chi connectivity index (χ0) is 15.9. The fourth-order valence-electron chi connectivity index (χ4n) is 2.15. The molecule has 1 unspecified atom stereocenters. The van der Waals surface area contributed by atoms with Crippen LogP contribution < -0.4 is 0 Å². The molecule has 114 valence electrons. The largest absolute Gasteiger partial charge is 0.480 e. The third-order valence-corrected chi connectivity index (χ3v) is 3.18. The summed E-state index contributed by atoms with van der Waals surface area (Å²) in [5, 5.41) is 9.70. The first-order valence-electron chi connectivity index (χ1n) is 6.19. The highest BCUT2D eigenvalue weighted by atomic mass is 19.4. The summed E-state index contributed by atoms with van der Waals surface area (Å²) in [7, 11) is 0. The third kappa shape index (κ3) is 2.43. The highest BCUT2D eigenvalue weighted by Gasteiger charge is 2.46. The molecule has 5 nitrogen and oxygen atoms in total. The van der Waals surface area contributed by atoms with E-state index in [-0.39, 0.29) is 0 Å². The van der Waals surface area contributed by atoms with Crippen molar-refractivity contribution in [3.8, 4) is 0 Å². The van der Waals surface area contributed by atoms with Gasteiger partial charge in [-0.1, -0.05) is 18.2 Å². The van der Waals surface area contributed by atoms with Gasteiger partial charge in [0.15, 0.2) is 0 Å². The van der Waals surface area contributed by atoms with Gasteiger partial charge in [0.1, 0.15) is 23.0 Å². The Balaban J connectivity index is 0.000000142. The molecule has 1 atom stereocenters. The number of aromatic nitrogens is 2. The van der Waals surface area contributed by atoms with E-state index < -0.39 is 23.8 Å². The monoisotopic (exact) mass is 310 g/mol. The average molecular weight is 310 g/mol. The minimum atomic E-state index is -4.30. The molecule has 2 heterocycles. The van der Waals surface area contributed by atoms with Crippen molar-refractivity contribution in [3.63, 3.8) is 0 Å². The summed E-state index contributed by atoms with van der Waals surface area (Å²) in [4.78, 5) is 15.8. The second-order valence-electron chi connectivity index (χ2n) is 4.61. The molecule has 2 aromatic heterocycles. The lowest BCUT2D eigenvalue weighted by Gasteiger charge is -1.99. The normalized spacial score (nSPS) is 15.9. The topological polar surface area (TPSA) is 79.1 Å². The van der Waals surface area contributed by atoms with E-state index in [0.29, 0.717) is 5.76 Å². The Hall–Kier alpha value is -2.77. The number of carboxylic acids is 1. The summed E-state index contributed by atoms with van der Waals surface area (Å²) >= 11 is 0. The number of para-hydroxylation sites is 1. The van der Waals surface area contributed by atoms with E-state index in [2.05, 4.69) is 4.98 Å². The van der Waals surface area contributed by atoms with E-state index >= 15 is 0 Å². The SMILES string of the molecule is FC(F)(F)c1cnc[nH]1.O=C(O)C1c2oc3ccccc3c21. The summed E-state index contributed by atoms with van der Waals surface area (Å²) in [6.07, 6.45) is -2.57. The standard InChI is InChI=1S/C10H6O3.C4H3F3N2/c11-10(12)8-7-5-3-1-2-4-6(5)13-9(7)8;5-4(6,7)3-1-8-2-9-3/h1-4,8H,(H,11,12);1-2H,(H,8,9). The second kappa shape index (κ2) is 4.90. The molecule has 2 N–H and O–H groups in total. The number of hydrogen-bond acceptors (Lipinski definition) is 3. The number of H-pyrrole nitrogens is 1. The smallest absolute Gasteiger partial charge is 0.432 e. The molecule has 0 aliphatic heterocycles. The van der Waals surface area contributed by atoms with Crippen molar-refractivity contribution in [3.05, 3.63) is 53.8 Å². The Morgan fingerprint density at radius 2 is 2.05 bits per heavy atom. The van der Waals surface area contributed by atoms with Crippen LogP contribution in [0.15, 0.2) is 41.2 Å². The number of alkyl halides is 3. The molecule has 22 heavy (non-hydrogen) atoms. The van der Waals surface area contributed by atoms with E-state index in [1.807, 2.05) is 29.2 Å². The number of imidazole rings is 1. The van der Waals surface area contributed by atoms with E-state index in [4.69, 9.17) is 9.52 Å². The van der Waals surface area contributed by atoms with Crippen LogP contribution in [0.4, 0.5) is 13.2 Å². The van der Waals surface area contributed by atoms with Gasteiger partial charge in [0.05, 0.1) is 12.5 Å². The van der Waals surface area contributed by atoms with E-state index in [9.17, 15) is 18.0 Å². The van der Waals surface area contributed by atoms with Crippen molar-refractivity contribution in [1.82, 2.24) is 9.97 Å². The van der Waals surface area contributed by atoms with Crippen molar-refractivity contribution >= 4 is 16.9 Å². The van der Waals surface area contributed by atoms with Crippen molar-refractivity contribution in [2.75, 3.05) is 0 Å². The number of aromatic amines is 1. The van der Waals surface area contributed by atoms with Crippen LogP contribution in [0.5, 0.6) is 0 Å². The van der Waals surface area contributed by atoms with Crippen molar-refractivity contribution in [2.45, 2.75) is 12.1 Å². The van der Waals surface area contributed by atoms with Crippen LogP contribution in [0.1, 0.15) is 22.9 Å². The second-order valence-corrected chi connectivity index (χ2v) is 4.61. The van der Waals surface area contributed by atoms with E-state index in [1.165, 1.54) is 0 Å². The first-order valence-corrected chi connectivity index (χ1v) is 6.19. The maximum atomic E-state index is 11.5. The highest BCUT2D eigenvalue weighted by molar-refractivity contribution is 5.99. The first-order chi connectivity index (χ1) is 10.4. The molecule has 4 rings (SSSR count). The number of carboxylic acid groups (broad SMARTS) is 1. The predicted octanol–water partition coefficient (Wildman–Crippen LogP) is 3.39. The summed E-state index contributed by atoms with van der Waals surface area (Å²) in [6, 6.07) is 7.50. The van der Waals surface area contributed by atoms with Crippen LogP contribution >= 0.6 is 0 Å². The molecule has 0 spiro atoms. The molecule has 0 saturated heterocycles. The number of carbonyl (C=O) groups is 1. The Kier molecular flexibility index (Phi) is 3.16. The van der Waals surface area contributed by atoms with Gasteiger partial charge in [-0.25, -0.2) is 4.98 Å². The van der Waals surface area contributed by atoms with Gasteiger partial charge >= 0.3 is 12.1 Å². The quantitative estimate of drug-likeness (QED) is 0.722. The fourth-order valence-corrected chi connectivity index (χ4v) is 2.15. The maximum absolute atomic E-state index is 11.5. The number of aliphatic carboxylic acids is 1. The molecule has 0 radical (unpaired) electrons. The van der Waals surface area contributed by atoms with Crippen molar-refractivity contribution < 1.29 is 27.5 Å². The lowest BCUT2D eigenvalue weighted by atomic mass is 10.2. The van der Waals surface area contributed by atoms with Gasteiger partial charge in [0.25, 0.3) is 0 Å². The number of furan rings is 1. The van der Waals surface area contributed by atoms with Crippen LogP contribution in [-0.4, -0.2) is 21.0 Å². The molecule has 3 aromatic rings. The first kappa shape index (κ1) is 14.2. The van der Waals surface area contributed by atoms with Crippen molar-refractivity contribution in [2.24, 2.45) is 0 Å². The predicted molar refractivity (Wildman–Crippen MR) is 69.3 cm³/mol. The van der Waals surface area contributed by atoms with Gasteiger partial charge in [0, 0.05) is 10.9 Å². The number of nitrogens with zero attached hydrogens (tertiary/aromatic N) is 1. The number of halogens is 3. The Morgan fingerprint density at radius 3 is 2.59 bits per heavy atom. The number of benzene rings is 1. The molecule has 1 aliphatic carbocycles. The molecule has 0 saturated carbocycles. The van der Waals surface area contributed by atoms with Gasteiger partial charge in [-0.15, -0.1) is 0 Å². The zero-order valence-electron chi connectivity index (χ0n) is 10.9. The molecular weight excluding hydrogens is 301 g/mol. The third-order valence-electron chi connectivity index (χ3n) is 3.18. The number of nitrogens with one attached hydrogen (secondary N) is 1. The Morgan fingerprint density at radius 1 is 1.32 bits per heavy atom. The minimum absolute atomic E-state index is 0.477. The fraction of sp³-hybridized carbons (Fsp3) is 0.143. The number of fused-ring (bicyclic) bond motifs is 3. The van der Waals surface area contributed by atoms with Crippen LogP contribution in [0.2, 0.25) is 0 Å². The summed E-state index contributed by atoms with van der Waals surface area (Å²) < 4.78 is 40.0. The highest BCUT2D eigenvalue weighted by Crippen LogP contribution is 2.50. The van der Waals surface area contributed by atoms with Gasteiger partial charge in [-0.05, 0) is 6.07 Å². The summed E-state index contributed by atoms with van der Waals surface area (Å²) in [5.41, 5.74) is 0.815. The van der Waals surface area contributed by atoms with Crippen LogP contribution in [0.25, 0.3) is 11.0 Å². The summed E-state index contributed by atoms with van der Waals surface area (Å²) in [6.45, 7) is 0. The van der Waals surface area contributed by atoms with Crippen LogP contribution in [0.3, 0.4) is 0 Å². The molecule has 0 bridgehead atoms. The molecule has 1 aromatic carbocycles. The van der Waals surface area contributed by atoms with Gasteiger partial charge < -0.3 is 14.5 Å².